The number of hydrogen-bond donors (Lipinski definition) is 3. The maximum atomic E-state index is 11.6. The van der Waals surface area contributed by atoms with Crippen LogP contribution in [0.2, 0.25) is 0 Å². The van der Waals surface area contributed by atoms with Crippen molar-refractivity contribution in [2.24, 2.45) is 5.73 Å². The van der Waals surface area contributed by atoms with Gasteiger partial charge in [0.05, 0.1) is 25.1 Å². The Kier molecular flexibility index (Phi) is 6.68. The first-order chi connectivity index (χ1) is 9.54. The topological polar surface area (TPSA) is 111 Å². The van der Waals surface area contributed by atoms with Gasteiger partial charge in [0.25, 0.3) is 5.91 Å². The van der Waals surface area contributed by atoms with Crippen LogP contribution in [0.3, 0.4) is 0 Å². The minimum absolute atomic E-state index is 0.0372. The molecule has 0 atom stereocenters. The van der Waals surface area contributed by atoms with Gasteiger partial charge in [-0.1, -0.05) is 0 Å². The molecule has 0 radical (unpaired) electrons. The van der Waals surface area contributed by atoms with Gasteiger partial charge in [-0.2, -0.15) is 0 Å². The van der Waals surface area contributed by atoms with Crippen LogP contribution in [0.4, 0.5) is 5.00 Å². The molecule has 4 N–H and O–H groups in total. The van der Waals surface area contributed by atoms with Gasteiger partial charge in [0.1, 0.15) is 5.00 Å². The van der Waals surface area contributed by atoms with Crippen LogP contribution >= 0.6 is 11.3 Å². The third-order valence-corrected chi connectivity index (χ3v) is 3.11. The fourth-order valence-electron chi connectivity index (χ4n) is 1.40. The molecule has 0 bridgehead atoms. The molecule has 0 spiro atoms. The molecule has 2 amide bonds. The molecular formula is C12H17N3O4S. The van der Waals surface area contributed by atoms with E-state index in [9.17, 15) is 14.4 Å². The highest BCUT2D eigenvalue weighted by Crippen LogP contribution is 2.22. The predicted octanol–water partition coefficient (Wildman–Crippen LogP) is 0.328. The van der Waals surface area contributed by atoms with Crippen LogP contribution in [0.1, 0.15) is 23.7 Å². The van der Waals surface area contributed by atoms with Crippen molar-refractivity contribution in [1.82, 2.24) is 5.32 Å². The normalized spacial score (nSPS) is 10.1. The van der Waals surface area contributed by atoms with E-state index in [0.717, 1.165) is 0 Å². The summed E-state index contributed by atoms with van der Waals surface area (Å²) < 4.78 is 4.75. The highest BCUT2D eigenvalue weighted by molar-refractivity contribution is 7.14. The fourth-order valence-corrected chi connectivity index (χ4v) is 2.21. The lowest BCUT2D eigenvalue weighted by Gasteiger charge is -2.06. The van der Waals surface area contributed by atoms with Gasteiger partial charge in [0, 0.05) is 6.54 Å². The Morgan fingerprint density at radius 2 is 2.15 bits per heavy atom. The average Bonchev–Trinajstić information content (AvgIpc) is 2.83. The molecule has 1 aromatic heterocycles. The van der Waals surface area contributed by atoms with Crippen molar-refractivity contribution in [3.63, 3.8) is 0 Å². The summed E-state index contributed by atoms with van der Waals surface area (Å²) in [5.41, 5.74) is 5.45. The molecule has 1 heterocycles. The molecule has 0 aliphatic heterocycles. The molecule has 0 aliphatic rings. The highest BCUT2D eigenvalue weighted by Gasteiger charge is 2.12. The van der Waals surface area contributed by atoms with Gasteiger partial charge >= 0.3 is 5.97 Å². The SMILES string of the molecule is CCOC(=O)CCNCC(=O)Nc1sccc1C(N)=O. The summed E-state index contributed by atoms with van der Waals surface area (Å²) in [5, 5.41) is 7.49. The van der Waals surface area contributed by atoms with E-state index in [4.69, 9.17) is 10.5 Å². The lowest BCUT2D eigenvalue weighted by Crippen LogP contribution is -2.30. The second kappa shape index (κ2) is 8.28. The number of nitrogens with one attached hydrogen (secondary N) is 2. The van der Waals surface area contributed by atoms with Crippen LogP contribution < -0.4 is 16.4 Å². The van der Waals surface area contributed by atoms with Crippen molar-refractivity contribution < 1.29 is 19.1 Å². The fraction of sp³-hybridized carbons (Fsp3) is 0.417. The van der Waals surface area contributed by atoms with E-state index in [1.807, 2.05) is 0 Å². The number of ether oxygens (including phenoxy) is 1. The third kappa shape index (κ3) is 5.37. The van der Waals surface area contributed by atoms with Crippen molar-refractivity contribution >= 4 is 34.1 Å². The van der Waals surface area contributed by atoms with E-state index in [1.54, 1.807) is 18.4 Å². The van der Waals surface area contributed by atoms with Crippen molar-refractivity contribution in [3.05, 3.63) is 17.0 Å². The molecule has 0 saturated carbocycles. The molecule has 1 aromatic rings. The summed E-state index contributed by atoms with van der Waals surface area (Å²) in [7, 11) is 0. The minimum atomic E-state index is -0.586. The monoisotopic (exact) mass is 299 g/mol. The van der Waals surface area contributed by atoms with Crippen molar-refractivity contribution in [3.8, 4) is 0 Å². The van der Waals surface area contributed by atoms with E-state index >= 15 is 0 Å². The number of primary amides is 1. The summed E-state index contributed by atoms with van der Waals surface area (Å²) in [6.45, 7) is 2.46. The van der Waals surface area contributed by atoms with Crippen molar-refractivity contribution in [2.75, 3.05) is 25.0 Å². The molecule has 1 rings (SSSR count). The third-order valence-electron chi connectivity index (χ3n) is 2.28. The first kappa shape index (κ1) is 16.1. The molecule has 0 fully saturated rings. The average molecular weight is 299 g/mol. The standard InChI is InChI=1S/C12H17N3O4S/c1-2-19-10(17)3-5-14-7-9(16)15-12-8(11(13)18)4-6-20-12/h4,6,14H,2-3,5,7H2,1H3,(H2,13,18)(H,15,16). The van der Waals surface area contributed by atoms with E-state index in [-0.39, 0.29) is 30.4 Å². The maximum absolute atomic E-state index is 11.6. The first-order valence-corrected chi connectivity index (χ1v) is 6.96. The van der Waals surface area contributed by atoms with Crippen LogP contribution in [0.15, 0.2) is 11.4 Å². The lowest BCUT2D eigenvalue weighted by molar-refractivity contribution is -0.143. The van der Waals surface area contributed by atoms with Gasteiger partial charge in [0.2, 0.25) is 5.91 Å². The van der Waals surface area contributed by atoms with E-state index in [1.165, 1.54) is 11.3 Å². The van der Waals surface area contributed by atoms with Crippen LogP contribution in [-0.4, -0.2) is 37.5 Å². The van der Waals surface area contributed by atoms with Gasteiger partial charge in [-0.25, -0.2) is 0 Å². The molecule has 0 unspecified atom stereocenters. The number of anilines is 1. The number of carbonyl (C=O) groups excluding carboxylic acids is 3. The molecule has 8 heteroatoms. The molecule has 0 saturated heterocycles. The quantitative estimate of drug-likeness (QED) is 0.473. The number of rotatable bonds is 8. The number of carbonyl (C=O) groups is 3. The number of thiophene rings is 1. The minimum Gasteiger partial charge on any atom is -0.466 e. The zero-order valence-corrected chi connectivity index (χ0v) is 11.9. The van der Waals surface area contributed by atoms with Gasteiger partial charge < -0.3 is 21.1 Å². The summed E-state index contributed by atoms with van der Waals surface area (Å²) >= 11 is 1.22. The van der Waals surface area contributed by atoms with Gasteiger partial charge in [0.15, 0.2) is 0 Å². The van der Waals surface area contributed by atoms with Crippen LogP contribution in [0.25, 0.3) is 0 Å². The zero-order chi connectivity index (χ0) is 15.0. The Morgan fingerprint density at radius 3 is 2.80 bits per heavy atom. The van der Waals surface area contributed by atoms with E-state index < -0.39 is 5.91 Å². The van der Waals surface area contributed by atoms with Gasteiger partial charge in [-0.3, -0.25) is 14.4 Å². The maximum Gasteiger partial charge on any atom is 0.307 e. The van der Waals surface area contributed by atoms with Crippen LogP contribution in [0, 0.1) is 0 Å². The molecular weight excluding hydrogens is 282 g/mol. The Morgan fingerprint density at radius 1 is 1.40 bits per heavy atom. The van der Waals surface area contributed by atoms with E-state index in [2.05, 4.69) is 10.6 Å². The van der Waals surface area contributed by atoms with E-state index in [0.29, 0.717) is 18.2 Å². The number of esters is 1. The lowest BCUT2D eigenvalue weighted by atomic mass is 10.3. The van der Waals surface area contributed by atoms with Crippen molar-refractivity contribution in [2.45, 2.75) is 13.3 Å². The summed E-state index contributed by atoms with van der Waals surface area (Å²) in [5.74, 6) is -1.20. The second-order valence-corrected chi connectivity index (χ2v) is 4.72. The summed E-state index contributed by atoms with van der Waals surface area (Å²) in [6, 6.07) is 1.55. The Balaban J connectivity index is 2.28. The number of nitrogens with two attached hydrogens (primary N) is 1. The molecule has 110 valence electrons. The van der Waals surface area contributed by atoms with Gasteiger partial charge in [-0.05, 0) is 18.4 Å². The Labute approximate surface area is 120 Å². The largest absolute Gasteiger partial charge is 0.466 e. The molecule has 0 aliphatic carbocycles. The van der Waals surface area contributed by atoms with Gasteiger partial charge in [-0.15, -0.1) is 11.3 Å². The molecule has 7 nitrogen and oxygen atoms in total. The first-order valence-electron chi connectivity index (χ1n) is 6.08. The number of amides is 2. The predicted molar refractivity (Wildman–Crippen MR) is 75.6 cm³/mol. The number of hydrogen-bond acceptors (Lipinski definition) is 6. The second-order valence-electron chi connectivity index (χ2n) is 3.81. The summed E-state index contributed by atoms with van der Waals surface area (Å²) in [4.78, 5) is 33.7. The van der Waals surface area contributed by atoms with Crippen LogP contribution in [0.5, 0.6) is 0 Å². The Bertz CT molecular complexity index is 487. The summed E-state index contributed by atoms with van der Waals surface area (Å²) in [6.07, 6.45) is 0.201. The Hall–Kier alpha value is -1.93. The molecule has 0 aromatic carbocycles. The molecule has 20 heavy (non-hydrogen) atoms. The van der Waals surface area contributed by atoms with Crippen molar-refractivity contribution in [1.29, 1.82) is 0 Å². The smallest absolute Gasteiger partial charge is 0.307 e. The van der Waals surface area contributed by atoms with Crippen LogP contribution in [-0.2, 0) is 14.3 Å². The zero-order valence-electron chi connectivity index (χ0n) is 11.1. The highest BCUT2D eigenvalue weighted by atomic mass is 32.1.